The molecule has 0 spiro atoms. The van der Waals surface area contributed by atoms with Crippen LogP contribution >= 0.6 is 27.7 Å². The maximum absolute atomic E-state index is 11.9. The summed E-state index contributed by atoms with van der Waals surface area (Å²) in [6.45, 7) is 5.48. The molecule has 0 heterocycles. The van der Waals surface area contributed by atoms with Crippen molar-refractivity contribution in [3.63, 3.8) is 0 Å². The van der Waals surface area contributed by atoms with Gasteiger partial charge in [0.1, 0.15) is 0 Å². The minimum Gasteiger partial charge on any atom is -0.325 e. The number of halogens is 1. The number of rotatable bonds is 4. The van der Waals surface area contributed by atoms with Crippen LogP contribution in [0.3, 0.4) is 0 Å². The summed E-state index contributed by atoms with van der Waals surface area (Å²) in [6, 6.07) is 5.71. The van der Waals surface area contributed by atoms with Crippen LogP contribution in [0.5, 0.6) is 0 Å². The molecule has 5 heteroatoms. The van der Waals surface area contributed by atoms with E-state index < -0.39 is 0 Å². The van der Waals surface area contributed by atoms with Crippen LogP contribution in [0.4, 0.5) is 5.69 Å². The van der Waals surface area contributed by atoms with Gasteiger partial charge in [-0.2, -0.15) is 0 Å². The van der Waals surface area contributed by atoms with Crippen LogP contribution < -0.4 is 5.32 Å². The number of hydrogen-bond acceptors (Lipinski definition) is 3. The van der Waals surface area contributed by atoms with Gasteiger partial charge in [-0.15, -0.1) is 11.8 Å². The number of thioether (sulfide) groups is 1. The Kier molecular flexibility index (Phi) is 6.15. The molecule has 0 fully saturated rings. The summed E-state index contributed by atoms with van der Waals surface area (Å²) in [5.74, 6) is -0.0776. The summed E-state index contributed by atoms with van der Waals surface area (Å²) in [5, 5.41) is 3.62. The smallest absolute Gasteiger partial charge is 0.230 e. The highest BCUT2D eigenvalue weighted by molar-refractivity contribution is 9.10. The Morgan fingerprint density at radius 1 is 1.61 bits per heavy atom. The molecule has 0 unspecified atom stereocenters. The Balaban J connectivity index is 2.73. The van der Waals surface area contributed by atoms with Gasteiger partial charge in [-0.05, 0) is 30.9 Å². The second kappa shape index (κ2) is 7.38. The van der Waals surface area contributed by atoms with Crippen LogP contribution in [0.1, 0.15) is 12.0 Å². The van der Waals surface area contributed by atoms with Gasteiger partial charge >= 0.3 is 0 Å². The second-order valence-corrected chi connectivity index (χ2v) is 5.28. The van der Waals surface area contributed by atoms with Crippen molar-refractivity contribution >= 4 is 44.3 Å². The van der Waals surface area contributed by atoms with Crippen LogP contribution in [0.2, 0.25) is 0 Å². The van der Waals surface area contributed by atoms with Gasteiger partial charge in [-0.3, -0.25) is 9.79 Å². The Hall–Kier alpha value is -1.07. The van der Waals surface area contributed by atoms with E-state index in [-0.39, 0.29) is 12.3 Å². The first-order valence-corrected chi connectivity index (χ1v) is 7.36. The Labute approximate surface area is 120 Å². The van der Waals surface area contributed by atoms with E-state index >= 15 is 0 Å². The molecule has 3 nitrogen and oxygen atoms in total. The van der Waals surface area contributed by atoms with Crippen molar-refractivity contribution in [1.82, 2.24) is 0 Å². The van der Waals surface area contributed by atoms with Crippen molar-refractivity contribution in [1.29, 1.82) is 0 Å². The van der Waals surface area contributed by atoms with Crippen LogP contribution in [0, 0.1) is 6.92 Å². The number of carbonyl (C=O) groups is 1. The third kappa shape index (κ3) is 4.31. The molecule has 0 aliphatic carbocycles. The molecular formula is C13H15BrN2OS. The molecule has 1 amide bonds. The third-order valence-electron chi connectivity index (χ3n) is 2.32. The number of aliphatic imine (C=N–C) groups is 1. The summed E-state index contributed by atoms with van der Waals surface area (Å²) in [7, 11) is 0. The van der Waals surface area contributed by atoms with Gasteiger partial charge in [-0.25, -0.2) is 0 Å². The maximum atomic E-state index is 11.9. The highest BCUT2D eigenvalue weighted by Crippen LogP contribution is 2.23. The summed E-state index contributed by atoms with van der Waals surface area (Å²) in [5.41, 5.74) is 1.82. The molecule has 1 aromatic carbocycles. The first-order chi connectivity index (χ1) is 8.58. The number of anilines is 1. The van der Waals surface area contributed by atoms with E-state index in [2.05, 4.69) is 32.8 Å². The average Bonchev–Trinajstić information content (AvgIpc) is 2.34. The predicted octanol–water partition coefficient (Wildman–Crippen LogP) is 3.99. The van der Waals surface area contributed by atoms with E-state index in [9.17, 15) is 4.79 Å². The second-order valence-electron chi connectivity index (χ2n) is 3.55. The molecule has 18 heavy (non-hydrogen) atoms. The zero-order valence-corrected chi connectivity index (χ0v) is 12.8. The minimum atomic E-state index is -0.0776. The van der Waals surface area contributed by atoms with Gasteiger partial charge in [0.2, 0.25) is 5.91 Å². The number of carbonyl (C=O) groups excluding carboxylic acids is 1. The summed E-state index contributed by atoms with van der Waals surface area (Å²) < 4.78 is 0.977. The largest absolute Gasteiger partial charge is 0.325 e. The molecule has 0 atom stereocenters. The minimum absolute atomic E-state index is 0.0776. The molecule has 0 saturated carbocycles. The lowest BCUT2D eigenvalue weighted by molar-refractivity contribution is -0.115. The molecule has 0 radical (unpaired) electrons. The molecule has 0 aliphatic heterocycles. The maximum Gasteiger partial charge on any atom is 0.230 e. The van der Waals surface area contributed by atoms with Crippen molar-refractivity contribution in [2.24, 2.45) is 4.99 Å². The van der Waals surface area contributed by atoms with Crippen LogP contribution in [0.25, 0.3) is 0 Å². The van der Waals surface area contributed by atoms with Gasteiger partial charge in [0, 0.05) is 16.4 Å². The molecule has 0 aromatic heterocycles. The lowest BCUT2D eigenvalue weighted by Crippen LogP contribution is -2.15. The highest BCUT2D eigenvalue weighted by atomic mass is 79.9. The van der Waals surface area contributed by atoms with Crippen molar-refractivity contribution in [2.75, 3.05) is 11.6 Å². The van der Waals surface area contributed by atoms with Gasteiger partial charge < -0.3 is 5.32 Å². The number of amides is 1. The van der Waals surface area contributed by atoms with Crippen LogP contribution in [0.15, 0.2) is 40.4 Å². The SMILES string of the molecule is C=CN=C(CC(=O)Nc1cccc(Br)c1C)SC. The number of nitrogens with zero attached hydrogens (tertiary/aromatic N) is 1. The fourth-order valence-corrected chi connectivity index (χ4v) is 2.17. The van der Waals surface area contributed by atoms with Gasteiger partial charge in [0.25, 0.3) is 0 Å². The topological polar surface area (TPSA) is 41.5 Å². The summed E-state index contributed by atoms with van der Waals surface area (Å²) >= 11 is 4.88. The first kappa shape index (κ1) is 15.0. The third-order valence-corrected chi connectivity index (χ3v) is 3.90. The molecule has 1 N–H and O–H groups in total. The molecule has 0 saturated heterocycles. The Bertz CT molecular complexity index is 486. The molecule has 0 bridgehead atoms. The average molecular weight is 327 g/mol. The van der Waals surface area contributed by atoms with E-state index in [0.29, 0.717) is 0 Å². The fraction of sp³-hybridized carbons (Fsp3) is 0.231. The van der Waals surface area contributed by atoms with Crippen molar-refractivity contribution in [3.8, 4) is 0 Å². The zero-order chi connectivity index (χ0) is 13.5. The fourth-order valence-electron chi connectivity index (χ4n) is 1.35. The van der Waals surface area contributed by atoms with Gasteiger partial charge in [-0.1, -0.05) is 28.6 Å². The van der Waals surface area contributed by atoms with E-state index in [1.165, 1.54) is 18.0 Å². The van der Waals surface area contributed by atoms with Gasteiger partial charge in [0.05, 0.1) is 11.5 Å². The first-order valence-electron chi connectivity index (χ1n) is 5.35. The normalized spacial score (nSPS) is 11.2. The lowest BCUT2D eigenvalue weighted by Gasteiger charge is -2.09. The number of nitrogens with one attached hydrogen (secondary N) is 1. The van der Waals surface area contributed by atoms with E-state index in [0.717, 1.165) is 20.8 Å². The zero-order valence-electron chi connectivity index (χ0n) is 10.4. The van der Waals surface area contributed by atoms with Crippen molar-refractivity contribution < 1.29 is 4.79 Å². The molecule has 1 aromatic rings. The Morgan fingerprint density at radius 3 is 2.94 bits per heavy atom. The van der Waals surface area contributed by atoms with Crippen molar-refractivity contribution in [2.45, 2.75) is 13.3 Å². The quantitative estimate of drug-likeness (QED) is 0.671. The Morgan fingerprint density at radius 2 is 2.33 bits per heavy atom. The van der Waals surface area contributed by atoms with Crippen LogP contribution in [-0.2, 0) is 4.79 Å². The van der Waals surface area contributed by atoms with E-state index in [1.54, 1.807) is 0 Å². The van der Waals surface area contributed by atoms with Crippen LogP contribution in [-0.4, -0.2) is 17.2 Å². The summed E-state index contributed by atoms with van der Waals surface area (Å²) in [6.07, 6.45) is 3.60. The predicted molar refractivity (Wildman–Crippen MR) is 83.3 cm³/mol. The molecule has 0 aliphatic rings. The van der Waals surface area contributed by atoms with Gasteiger partial charge in [0.15, 0.2) is 0 Å². The highest BCUT2D eigenvalue weighted by Gasteiger charge is 2.09. The number of hydrogen-bond donors (Lipinski definition) is 1. The monoisotopic (exact) mass is 326 g/mol. The molecule has 96 valence electrons. The van der Waals surface area contributed by atoms with E-state index in [1.807, 2.05) is 31.4 Å². The molecule has 1 rings (SSSR count). The molecular weight excluding hydrogens is 312 g/mol. The number of benzene rings is 1. The standard InChI is InChI=1S/C13H15BrN2OS/c1-4-15-13(18-3)8-12(17)16-11-7-5-6-10(14)9(11)2/h4-7H,1,8H2,2-3H3,(H,16,17). The van der Waals surface area contributed by atoms with E-state index in [4.69, 9.17) is 0 Å². The lowest BCUT2D eigenvalue weighted by atomic mass is 10.2. The van der Waals surface area contributed by atoms with Crippen molar-refractivity contribution in [3.05, 3.63) is 41.0 Å². The summed E-state index contributed by atoms with van der Waals surface area (Å²) in [4.78, 5) is 15.9.